The van der Waals surface area contributed by atoms with Crippen LogP contribution in [-0.4, -0.2) is 63.2 Å². The molecule has 7 rings (SSSR count). The van der Waals surface area contributed by atoms with Crippen LogP contribution < -0.4 is 0 Å². The maximum Gasteiger partial charge on any atom is 0.341 e. The number of hydrogen-bond acceptors (Lipinski definition) is 7. The molecule has 7 heteroatoms. The van der Waals surface area contributed by atoms with Crippen LogP contribution in [0.25, 0.3) is 0 Å². The van der Waals surface area contributed by atoms with Crippen LogP contribution in [0.5, 0.6) is 0 Å². The molecule has 4 aliphatic carbocycles. The molecular weight excluding hydrogens is 448 g/mol. The minimum Gasteiger partial charge on any atom is -0.460 e. The van der Waals surface area contributed by atoms with Gasteiger partial charge in [-0.1, -0.05) is 19.9 Å². The Labute approximate surface area is 206 Å². The van der Waals surface area contributed by atoms with Crippen LogP contribution in [0.4, 0.5) is 0 Å². The number of epoxide rings is 2. The fraction of sp³-hybridized carbons (Fsp3) is 0.857. The molecule has 6 fully saturated rings. The molecule has 7 nitrogen and oxygen atoms in total. The average Bonchev–Trinajstić information content (AvgIpc) is 3.66. The van der Waals surface area contributed by atoms with Gasteiger partial charge >= 0.3 is 5.97 Å². The van der Waals surface area contributed by atoms with Gasteiger partial charge in [-0.15, -0.1) is 0 Å². The lowest BCUT2D eigenvalue weighted by Crippen LogP contribution is -2.69. The summed E-state index contributed by atoms with van der Waals surface area (Å²) in [5.74, 6) is 0.151. The molecule has 0 aromatic carbocycles. The number of esters is 1. The van der Waals surface area contributed by atoms with Crippen molar-refractivity contribution in [3.8, 4) is 0 Å². The van der Waals surface area contributed by atoms with E-state index in [-0.39, 0.29) is 65.1 Å². The lowest BCUT2D eigenvalue weighted by molar-refractivity contribution is -0.202. The van der Waals surface area contributed by atoms with Gasteiger partial charge in [0.25, 0.3) is 0 Å². The molecule has 3 aliphatic heterocycles. The van der Waals surface area contributed by atoms with Crippen molar-refractivity contribution < 1.29 is 34.0 Å². The summed E-state index contributed by atoms with van der Waals surface area (Å²) in [7, 11) is 0. The molecule has 7 aliphatic rings. The number of fused-ring (bicyclic) bond motifs is 9. The SMILES string of the molecule is C[C@@H](C1CC[C@H]2[C@@H]3[C@@H]4O[C@@H]4[C@@]4(O)CC=CC(=O)[C@]4(C)[C@H]3C[C@H](O)[C@]12C)[C@@H]1C[C@]2(C)O[C@]2(C)C(=O)O1. The molecule has 0 bridgehead atoms. The van der Waals surface area contributed by atoms with Crippen LogP contribution in [0.15, 0.2) is 12.2 Å². The first-order valence-electron chi connectivity index (χ1n) is 13.5. The Hall–Kier alpha value is -1.28. The molecule has 35 heavy (non-hydrogen) atoms. The van der Waals surface area contributed by atoms with E-state index in [1.807, 2.05) is 20.8 Å². The van der Waals surface area contributed by atoms with Gasteiger partial charge in [-0.2, -0.15) is 0 Å². The molecule has 0 aromatic heterocycles. The van der Waals surface area contributed by atoms with E-state index < -0.39 is 28.3 Å². The van der Waals surface area contributed by atoms with Crippen molar-refractivity contribution in [3.63, 3.8) is 0 Å². The van der Waals surface area contributed by atoms with Crippen molar-refractivity contribution in [2.75, 3.05) is 0 Å². The van der Waals surface area contributed by atoms with E-state index in [0.29, 0.717) is 19.3 Å². The number of rotatable bonds is 2. The number of ketones is 1. The second kappa shape index (κ2) is 6.40. The monoisotopic (exact) mass is 486 g/mol. The van der Waals surface area contributed by atoms with Gasteiger partial charge in [0.15, 0.2) is 11.4 Å². The van der Waals surface area contributed by atoms with Crippen molar-refractivity contribution in [2.24, 2.45) is 40.4 Å². The second-order valence-corrected chi connectivity index (χ2v) is 13.6. The highest BCUT2D eigenvalue weighted by atomic mass is 16.7. The molecule has 0 aromatic rings. The Bertz CT molecular complexity index is 1060. The summed E-state index contributed by atoms with van der Waals surface area (Å²) in [6.45, 7) is 10.1. The zero-order valence-electron chi connectivity index (χ0n) is 21.3. The third kappa shape index (κ3) is 2.39. The summed E-state index contributed by atoms with van der Waals surface area (Å²) in [5.41, 5.74) is -3.81. The third-order valence-electron chi connectivity index (χ3n) is 12.6. The summed E-state index contributed by atoms with van der Waals surface area (Å²) in [4.78, 5) is 26.0. The lowest BCUT2D eigenvalue weighted by atomic mass is 9.43. The summed E-state index contributed by atoms with van der Waals surface area (Å²) >= 11 is 0. The number of carbonyl (C=O) groups is 2. The summed E-state index contributed by atoms with van der Waals surface area (Å²) < 4.78 is 18.0. The Balaban J connectivity index is 1.21. The lowest BCUT2D eigenvalue weighted by Gasteiger charge is -2.61. The van der Waals surface area contributed by atoms with E-state index in [4.69, 9.17) is 14.2 Å². The summed E-state index contributed by atoms with van der Waals surface area (Å²) in [5, 5.41) is 23.5. The highest BCUT2D eigenvalue weighted by Crippen LogP contribution is 2.72. The van der Waals surface area contributed by atoms with Crippen LogP contribution >= 0.6 is 0 Å². The highest BCUT2D eigenvalue weighted by Gasteiger charge is 2.79. The molecule has 3 saturated carbocycles. The largest absolute Gasteiger partial charge is 0.460 e. The van der Waals surface area contributed by atoms with E-state index in [1.165, 1.54) is 0 Å². The van der Waals surface area contributed by atoms with Crippen LogP contribution in [-0.2, 0) is 23.8 Å². The maximum atomic E-state index is 13.3. The molecule has 0 amide bonds. The molecule has 1 unspecified atom stereocenters. The van der Waals surface area contributed by atoms with Crippen LogP contribution in [0.3, 0.4) is 0 Å². The molecule has 0 radical (unpaired) electrons. The average molecular weight is 487 g/mol. The Morgan fingerprint density at radius 2 is 1.86 bits per heavy atom. The van der Waals surface area contributed by atoms with E-state index >= 15 is 0 Å². The molecule has 14 atom stereocenters. The molecule has 0 spiro atoms. The third-order valence-corrected chi connectivity index (χ3v) is 12.6. The fourth-order valence-corrected chi connectivity index (χ4v) is 10.0. The normalized spacial score (nSPS) is 62.6. The molecule has 3 heterocycles. The topological polar surface area (TPSA) is 109 Å². The Morgan fingerprint density at radius 3 is 2.57 bits per heavy atom. The van der Waals surface area contributed by atoms with Gasteiger partial charge in [0.1, 0.15) is 23.4 Å². The number of carbonyl (C=O) groups excluding carboxylic acids is 2. The first-order valence-corrected chi connectivity index (χ1v) is 13.5. The summed E-state index contributed by atoms with van der Waals surface area (Å²) in [6, 6.07) is 0. The number of ether oxygens (including phenoxy) is 3. The van der Waals surface area contributed by atoms with E-state index in [9.17, 15) is 19.8 Å². The molecule has 2 N–H and O–H groups in total. The van der Waals surface area contributed by atoms with E-state index in [1.54, 1.807) is 12.2 Å². The van der Waals surface area contributed by atoms with Gasteiger partial charge in [0.2, 0.25) is 0 Å². The van der Waals surface area contributed by atoms with E-state index in [2.05, 4.69) is 13.8 Å². The molecule has 3 saturated heterocycles. The van der Waals surface area contributed by atoms with Gasteiger partial charge in [-0.3, -0.25) is 4.79 Å². The summed E-state index contributed by atoms with van der Waals surface area (Å²) in [6.07, 6.45) is 5.65. The van der Waals surface area contributed by atoms with Crippen LogP contribution in [0.1, 0.15) is 66.7 Å². The standard InChI is InChI=1S/C28H38O7/c1-13(17-12-24(2)27(5,35-24)23(31)33-17)14-8-9-15-20-16(11-19(30)25(14,15)3)26(4)18(29)7-6-10-28(26,32)22-21(20)34-22/h6-7,13-17,19-22,30,32H,8-12H2,1-5H3/t13-,14?,15-,16-,17-,19-,20-,21-,22-,24-,25+,26-,27+,28-/m0/s1. The Morgan fingerprint density at radius 1 is 1.11 bits per heavy atom. The van der Waals surface area contributed by atoms with Gasteiger partial charge in [0.05, 0.1) is 17.6 Å². The number of aliphatic hydroxyl groups is 2. The van der Waals surface area contributed by atoms with Gasteiger partial charge in [-0.25, -0.2) is 4.79 Å². The number of hydrogen-bond donors (Lipinski definition) is 2. The van der Waals surface area contributed by atoms with Crippen LogP contribution in [0, 0.1) is 40.4 Å². The molecule has 192 valence electrons. The van der Waals surface area contributed by atoms with Crippen molar-refractivity contribution >= 4 is 11.8 Å². The fourth-order valence-electron chi connectivity index (χ4n) is 10.0. The zero-order valence-corrected chi connectivity index (χ0v) is 21.3. The Kier molecular flexibility index (Phi) is 4.18. The number of allylic oxidation sites excluding steroid dienone is 1. The quantitative estimate of drug-likeness (QED) is 0.456. The van der Waals surface area contributed by atoms with Crippen molar-refractivity contribution in [1.29, 1.82) is 0 Å². The van der Waals surface area contributed by atoms with E-state index in [0.717, 1.165) is 12.8 Å². The van der Waals surface area contributed by atoms with Gasteiger partial charge in [-0.05, 0) is 87.5 Å². The smallest absolute Gasteiger partial charge is 0.341 e. The van der Waals surface area contributed by atoms with Crippen LogP contribution in [0.2, 0.25) is 0 Å². The number of aliphatic hydroxyl groups excluding tert-OH is 1. The predicted octanol–water partition coefficient (Wildman–Crippen LogP) is 2.56. The van der Waals surface area contributed by atoms with Gasteiger partial charge < -0.3 is 24.4 Å². The van der Waals surface area contributed by atoms with Crippen molar-refractivity contribution in [3.05, 3.63) is 12.2 Å². The highest BCUT2D eigenvalue weighted by molar-refractivity contribution is 5.97. The molecular formula is C28H38O7. The second-order valence-electron chi connectivity index (χ2n) is 13.6. The van der Waals surface area contributed by atoms with Crippen molar-refractivity contribution in [2.45, 2.75) is 108 Å². The van der Waals surface area contributed by atoms with Crippen molar-refractivity contribution in [1.82, 2.24) is 0 Å². The van der Waals surface area contributed by atoms with Gasteiger partial charge in [0, 0.05) is 6.42 Å². The first-order chi connectivity index (χ1) is 16.3. The predicted molar refractivity (Wildman–Crippen MR) is 124 cm³/mol. The first kappa shape index (κ1) is 22.9. The minimum atomic E-state index is -1.20. The minimum absolute atomic E-state index is 0.0382. The maximum absolute atomic E-state index is 13.3. The number of cyclic esters (lactones) is 1. The zero-order chi connectivity index (χ0) is 24.9.